The van der Waals surface area contributed by atoms with Crippen LogP contribution in [0.4, 0.5) is 16.5 Å². The van der Waals surface area contributed by atoms with E-state index in [2.05, 4.69) is 16.4 Å². The number of fused-ring (bicyclic) bond motifs is 1. The van der Waals surface area contributed by atoms with Crippen molar-refractivity contribution in [2.75, 3.05) is 23.3 Å². The molecule has 2 heterocycles. The number of hydrogen-bond donors (Lipinski definition) is 1. The van der Waals surface area contributed by atoms with Crippen LogP contribution in [-0.4, -0.2) is 37.3 Å². The highest BCUT2D eigenvalue weighted by Crippen LogP contribution is 2.30. The minimum atomic E-state index is -3.89. The summed E-state index contributed by atoms with van der Waals surface area (Å²) in [5, 5.41) is 13.6. The summed E-state index contributed by atoms with van der Waals surface area (Å²) in [5.74, 6) is -0.287. The largest absolute Gasteiger partial charge is 0.362 e. The van der Waals surface area contributed by atoms with Crippen LogP contribution in [0.3, 0.4) is 0 Å². The van der Waals surface area contributed by atoms with E-state index in [0.29, 0.717) is 0 Å². The number of nitrogens with one attached hydrogen (secondary N) is 1. The van der Waals surface area contributed by atoms with Gasteiger partial charge in [0.25, 0.3) is 5.69 Å². The summed E-state index contributed by atoms with van der Waals surface area (Å²) in [4.78, 5) is 28.6. The fourth-order valence-electron chi connectivity index (χ4n) is 3.41. The molecule has 0 unspecified atom stereocenters. The van der Waals surface area contributed by atoms with Crippen LogP contribution in [0, 0.1) is 10.1 Å². The number of para-hydroxylation sites is 1. The summed E-state index contributed by atoms with van der Waals surface area (Å²) in [6.45, 7) is 0.906. The van der Waals surface area contributed by atoms with Crippen LogP contribution in [0.15, 0.2) is 63.8 Å². The zero-order chi connectivity index (χ0) is 22.0. The Labute approximate surface area is 182 Å². The lowest BCUT2D eigenvalue weighted by Gasteiger charge is -2.30. The molecule has 0 saturated heterocycles. The van der Waals surface area contributed by atoms with Crippen molar-refractivity contribution in [3.63, 3.8) is 0 Å². The SMILES string of the molecule is O=C(CN1CCCc2ccccc21)Nc1ncc(S(=O)(=O)c2ccc([N+](=O)[O-])cc2)s1. The zero-order valence-electron chi connectivity index (χ0n) is 16.2. The molecular weight excluding hydrogens is 440 g/mol. The number of anilines is 2. The van der Waals surface area contributed by atoms with Gasteiger partial charge in [0, 0.05) is 24.4 Å². The molecule has 1 aliphatic rings. The number of hydrogen-bond acceptors (Lipinski definition) is 8. The molecule has 0 aliphatic carbocycles. The zero-order valence-corrected chi connectivity index (χ0v) is 17.9. The monoisotopic (exact) mass is 458 g/mol. The van der Waals surface area contributed by atoms with Crippen molar-refractivity contribution in [3.05, 3.63) is 70.4 Å². The average Bonchev–Trinajstić information content (AvgIpc) is 3.23. The molecule has 31 heavy (non-hydrogen) atoms. The number of amides is 1. The molecule has 9 nitrogen and oxygen atoms in total. The van der Waals surface area contributed by atoms with Gasteiger partial charge < -0.3 is 10.2 Å². The first kappa shape index (κ1) is 20.9. The van der Waals surface area contributed by atoms with Crippen LogP contribution in [0.1, 0.15) is 12.0 Å². The highest BCUT2D eigenvalue weighted by molar-refractivity contribution is 7.93. The molecule has 0 saturated carbocycles. The summed E-state index contributed by atoms with van der Waals surface area (Å²) < 4.78 is 25.4. The number of aromatic nitrogens is 1. The van der Waals surface area contributed by atoms with Gasteiger partial charge >= 0.3 is 0 Å². The van der Waals surface area contributed by atoms with Gasteiger partial charge in [-0.3, -0.25) is 14.9 Å². The Morgan fingerprint density at radius 2 is 1.94 bits per heavy atom. The van der Waals surface area contributed by atoms with E-state index < -0.39 is 14.8 Å². The third kappa shape index (κ3) is 4.42. The Hall–Kier alpha value is -3.31. The number of nitro groups is 1. The maximum atomic E-state index is 12.7. The topological polar surface area (TPSA) is 123 Å². The molecule has 3 aromatic rings. The lowest BCUT2D eigenvalue weighted by Crippen LogP contribution is -2.36. The number of sulfone groups is 1. The Morgan fingerprint density at radius 3 is 2.68 bits per heavy atom. The number of nitro benzene ring substituents is 1. The minimum absolute atomic E-state index is 0.0556. The summed E-state index contributed by atoms with van der Waals surface area (Å²) >= 11 is 0.838. The van der Waals surface area contributed by atoms with Gasteiger partial charge in [-0.25, -0.2) is 13.4 Å². The van der Waals surface area contributed by atoms with Gasteiger partial charge in [-0.05, 0) is 36.6 Å². The van der Waals surface area contributed by atoms with E-state index in [-0.39, 0.29) is 32.4 Å². The molecule has 0 atom stereocenters. The first-order valence-corrected chi connectivity index (χ1v) is 11.7. The molecular formula is C20H18N4O5S2. The van der Waals surface area contributed by atoms with Crippen LogP contribution in [-0.2, 0) is 21.1 Å². The molecule has 1 amide bonds. The van der Waals surface area contributed by atoms with Crippen molar-refractivity contribution < 1.29 is 18.1 Å². The Balaban J connectivity index is 1.45. The number of non-ortho nitro benzene ring substituents is 1. The van der Waals surface area contributed by atoms with Gasteiger partial charge in [0.05, 0.1) is 22.6 Å². The first-order chi connectivity index (χ1) is 14.8. The number of aryl methyl sites for hydroxylation is 1. The Bertz CT molecular complexity index is 1240. The number of carbonyl (C=O) groups is 1. The molecule has 11 heteroatoms. The van der Waals surface area contributed by atoms with Crippen molar-refractivity contribution in [2.24, 2.45) is 0 Å². The lowest BCUT2D eigenvalue weighted by molar-refractivity contribution is -0.384. The number of benzene rings is 2. The van der Waals surface area contributed by atoms with E-state index in [0.717, 1.165) is 48.5 Å². The van der Waals surface area contributed by atoms with Crippen LogP contribution < -0.4 is 10.2 Å². The quantitative estimate of drug-likeness (QED) is 0.444. The van der Waals surface area contributed by atoms with Gasteiger partial charge in [0.1, 0.15) is 4.21 Å². The standard InChI is InChI=1S/C20H18N4O5S2/c25-18(13-23-11-3-5-14-4-1-2-6-17(14)23)22-20-21-12-19(30-20)31(28,29)16-9-7-15(8-10-16)24(26)27/h1-2,4,6-10,12H,3,5,11,13H2,(H,21,22,25). The highest BCUT2D eigenvalue weighted by atomic mass is 32.2. The second-order valence-corrected chi connectivity index (χ2v) is 10.1. The van der Waals surface area contributed by atoms with Gasteiger partial charge in [0.15, 0.2) is 5.13 Å². The number of thiazole rings is 1. The maximum absolute atomic E-state index is 12.7. The Kier molecular flexibility index (Phi) is 5.70. The van der Waals surface area contributed by atoms with Crippen molar-refractivity contribution in [3.8, 4) is 0 Å². The smallest absolute Gasteiger partial charge is 0.269 e. The van der Waals surface area contributed by atoms with Crippen LogP contribution in [0.2, 0.25) is 0 Å². The predicted molar refractivity (Wildman–Crippen MR) is 116 cm³/mol. The van der Waals surface area contributed by atoms with Gasteiger partial charge in [-0.1, -0.05) is 29.5 Å². The second kappa shape index (κ2) is 8.44. The lowest BCUT2D eigenvalue weighted by atomic mass is 10.0. The molecule has 0 spiro atoms. The molecule has 1 N–H and O–H groups in total. The third-order valence-corrected chi connectivity index (χ3v) is 8.04. The van der Waals surface area contributed by atoms with Gasteiger partial charge in [-0.2, -0.15) is 0 Å². The van der Waals surface area contributed by atoms with Crippen molar-refractivity contribution >= 4 is 43.6 Å². The molecule has 2 aromatic carbocycles. The van der Waals surface area contributed by atoms with Gasteiger partial charge in [0.2, 0.25) is 15.7 Å². The molecule has 1 aromatic heterocycles. The fourth-order valence-corrected chi connectivity index (χ4v) is 5.86. The molecule has 0 fully saturated rings. The molecule has 0 bridgehead atoms. The molecule has 160 valence electrons. The second-order valence-electron chi connectivity index (χ2n) is 6.94. The average molecular weight is 459 g/mol. The minimum Gasteiger partial charge on any atom is -0.362 e. The van der Waals surface area contributed by atoms with Crippen LogP contribution >= 0.6 is 11.3 Å². The van der Waals surface area contributed by atoms with Crippen molar-refractivity contribution in [1.82, 2.24) is 4.98 Å². The Morgan fingerprint density at radius 1 is 1.19 bits per heavy atom. The summed E-state index contributed by atoms with van der Waals surface area (Å²) in [6.07, 6.45) is 3.11. The molecule has 1 aliphatic heterocycles. The molecule has 0 radical (unpaired) electrons. The van der Waals surface area contributed by atoms with Crippen LogP contribution in [0.25, 0.3) is 0 Å². The van der Waals surface area contributed by atoms with Gasteiger partial charge in [-0.15, -0.1) is 0 Å². The summed E-state index contributed by atoms with van der Waals surface area (Å²) in [6, 6.07) is 12.6. The number of rotatable bonds is 6. The van der Waals surface area contributed by atoms with Crippen LogP contribution in [0.5, 0.6) is 0 Å². The van der Waals surface area contributed by atoms with E-state index in [1.165, 1.54) is 23.9 Å². The normalized spacial score (nSPS) is 13.5. The van der Waals surface area contributed by atoms with E-state index in [1.807, 2.05) is 23.1 Å². The number of carbonyl (C=O) groups excluding carboxylic acids is 1. The highest BCUT2D eigenvalue weighted by Gasteiger charge is 2.23. The molecule has 4 rings (SSSR count). The maximum Gasteiger partial charge on any atom is 0.269 e. The number of nitrogens with zero attached hydrogens (tertiary/aromatic N) is 3. The van der Waals surface area contributed by atoms with E-state index in [1.54, 1.807) is 0 Å². The fraction of sp³-hybridized carbons (Fsp3) is 0.200. The predicted octanol–water partition coefficient (Wildman–Crippen LogP) is 3.28. The van der Waals surface area contributed by atoms with Crippen molar-refractivity contribution in [2.45, 2.75) is 21.9 Å². The third-order valence-electron chi connectivity index (χ3n) is 4.89. The van der Waals surface area contributed by atoms with Crippen molar-refractivity contribution in [1.29, 1.82) is 0 Å². The van der Waals surface area contributed by atoms with E-state index in [9.17, 15) is 23.3 Å². The van der Waals surface area contributed by atoms with E-state index in [4.69, 9.17) is 0 Å². The van der Waals surface area contributed by atoms with E-state index >= 15 is 0 Å². The summed E-state index contributed by atoms with van der Waals surface area (Å²) in [5.41, 5.74) is 2.03. The first-order valence-electron chi connectivity index (χ1n) is 9.43. The summed E-state index contributed by atoms with van der Waals surface area (Å²) in [7, 11) is -3.89.